The van der Waals surface area contributed by atoms with Crippen LogP contribution in [-0.4, -0.2) is 34.9 Å². The van der Waals surface area contributed by atoms with E-state index in [2.05, 4.69) is 46.4 Å². The predicted molar refractivity (Wildman–Crippen MR) is 130 cm³/mol. The zero-order valence-electron chi connectivity index (χ0n) is 18.7. The lowest BCUT2D eigenvalue weighted by Crippen LogP contribution is -2.40. The highest BCUT2D eigenvalue weighted by molar-refractivity contribution is 6.09. The largest absolute Gasteiger partial charge is 0.350 e. The van der Waals surface area contributed by atoms with Gasteiger partial charge in [-0.15, -0.1) is 0 Å². The van der Waals surface area contributed by atoms with Crippen LogP contribution in [0.25, 0.3) is 22.0 Å². The highest BCUT2D eigenvalue weighted by Crippen LogP contribution is 2.33. The number of benzene rings is 3. The lowest BCUT2D eigenvalue weighted by Gasteiger charge is -2.24. The fraction of sp³-hybridized carbons (Fsp3) is 0.250. The zero-order chi connectivity index (χ0) is 22.8. The molecule has 0 saturated carbocycles. The van der Waals surface area contributed by atoms with Gasteiger partial charge in [0.2, 0.25) is 0 Å². The van der Waals surface area contributed by atoms with E-state index in [9.17, 15) is 9.18 Å². The number of hydrogen-bond donors (Lipinski definition) is 2. The van der Waals surface area contributed by atoms with Crippen LogP contribution in [0.4, 0.5) is 4.39 Å². The zero-order valence-corrected chi connectivity index (χ0v) is 18.7. The van der Waals surface area contributed by atoms with E-state index in [1.165, 1.54) is 17.7 Å². The molecular weight excluding hydrogens is 413 g/mol. The number of hydrogen-bond acceptors (Lipinski definition) is 2. The van der Waals surface area contributed by atoms with Gasteiger partial charge in [0.05, 0.1) is 0 Å². The Morgan fingerprint density at radius 2 is 1.76 bits per heavy atom. The number of carbonyl (C=O) groups is 1. The van der Waals surface area contributed by atoms with Crippen molar-refractivity contribution in [1.82, 2.24) is 15.2 Å². The maximum atomic E-state index is 13.5. The summed E-state index contributed by atoms with van der Waals surface area (Å²) >= 11 is 0. The molecule has 3 aromatic carbocycles. The number of amides is 1. The van der Waals surface area contributed by atoms with Gasteiger partial charge in [0, 0.05) is 42.1 Å². The van der Waals surface area contributed by atoms with E-state index >= 15 is 0 Å². The van der Waals surface area contributed by atoms with Crippen molar-refractivity contribution in [3.63, 3.8) is 0 Å². The minimum Gasteiger partial charge on any atom is -0.350 e. The molecule has 1 saturated heterocycles. The van der Waals surface area contributed by atoms with Gasteiger partial charge in [0.15, 0.2) is 0 Å². The van der Waals surface area contributed by atoms with Crippen LogP contribution >= 0.6 is 0 Å². The quantitative estimate of drug-likeness (QED) is 0.408. The van der Waals surface area contributed by atoms with Crippen molar-refractivity contribution in [3.8, 4) is 11.1 Å². The molecule has 2 atom stereocenters. The standard InChI is InChI=1S/C28H28FN3O/c1-19-15-23(32(17-19)18-20-7-3-2-4-8-20)16-30-28(33)27-26(21-11-13-22(29)14-12-21)24-9-5-6-10-25(24)31-27/h2-14,19,23,31H,15-18H2,1H3,(H,30,33)/t19-,23?/m0/s1. The van der Waals surface area contributed by atoms with Gasteiger partial charge in [-0.05, 0) is 41.7 Å². The highest BCUT2D eigenvalue weighted by Gasteiger charge is 2.30. The predicted octanol–water partition coefficient (Wildman–Crippen LogP) is 5.61. The summed E-state index contributed by atoms with van der Waals surface area (Å²) in [5.41, 5.74) is 4.32. The van der Waals surface area contributed by atoms with Gasteiger partial charge in [-0.1, -0.05) is 67.6 Å². The third kappa shape index (κ3) is 4.55. The van der Waals surface area contributed by atoms with Crippen molar-refractivity contribution >= 4 is 16.8 Å². The lowest BCUT2D eigenvalue weighted by molar-refractivity contribution is 0.0936. The van der Waals surface area contributed by atoms with Crippen LogP contribution in [0.15, 0.2) is 78.9 Å². The maximum Gasteiger partial charge on any atom is 0.268 e. The van der Waals surface area contributed by atoms with Crippen LogP contribution in [-0.2, 0) is 6.54 Å². The van der Waals surface area contributed by atoms with E-state index in [1.54, 1.807) is 12.1 Å². The van der Waals surface area contributed by atoms with Gasteiger partial charge in [0.1, 0.15) is 11.5 Å². The summed E-state index contributed by atoms with van der Waals surface area (Å²) in [5, 5.41) is 4.13. The van der Waals surface area contributed by atoms with Gasteiger partial charge in [-0.25, -0.2) is 4.39 Å². The van der Waals surface area contributed by atoms with E-state index < -0.39 is 0 Å². The van der Waals surface area contributed by atoms with Gasteiger partial charge < -0.3 is 10.3 Å². The Hall–Kier alpha value is -3.44. The van der Waals surface area contributed by atoms with E-state index in [1.807, 2.05) is 30.3 Å². The second kappa shape index (κ2) is 9.20. The Morgan fingerprint density at radius 1 is 1.03 bits per heavy atom. The molecule has 1 unspecified atom stereocenters. The molecule has 1 aliphatic heterocycles. The van der Waals surface area contributed by atoms with Crippen molar-refractivity contribution in [2.45, 2.75) is 25.9 Å². The second-order valence-corrected chi connectivity index (χ2v) is 9.05. The average molecular weight is 442 g/mol. The lowest BCUT2D eigenvalue weighted by atomic mass is 10.0. The fourth-order valence-corrected chi connectivity index (χ4v) is 4.99. The first-order valence-electron chi connectivity index (χ1n) is 11.5. The molecule has 5 heteroatoms. The Morgan fingerprint density at radius 3 is 2.55 bits per heavy atom. The Labute approximate surface area is 193 Å². The number of fused-ring (bicyclic) bond motifs is 1. The summed E-state index contributed by atoms with van der Waals surface area (Å²) in [6.45, 7) is 4.78. The first-order chi connectivity index (χ1) is 16.1. The number of aromatic nitrogens is 1. The molecule has 33 heavy (non-hydrogen) atoms. The molecule has 2 N–H and O–H groups in total. The molecular formula is C28H28FN3O. The molecule has 168 valence electrons. The summed E-state index contributed by atoms with van der Waals surface area (Å²) in [5.74, 6) is 0.168. The molecule has 0 bridgehead atoms. The Kier molecular flexibility index (Phi) is 5.97. The monoisotopic (exact) mass is 441 g/mol. The number of likely N-dealkylation sites (tertiary alicyclic amines) is 1. The van der Waals surface area contributed by atoms with Crippen molar-refractivity contribution in [3.05, 3.63) is 95.9 Å². The summed E-state index contributed by atoms with van der Waals surface area (Å²) in [6, 6.07) is 24.9. The molecule has 4 nitrogen and oxygen atoms in total. The molecule has 4 aromatic rings. The number of aromatic amines is 1. The summed E-state index contributed by atoms with van der Waals surface area (Å²) < 4.78 is 13.5. The number of halogens is 1. The normalized spacial score (nSPS) is 18.6. The Balaban J connectivity index is 1.37. The van der Waals surface area contributed by atoms with Crippen molar-refractivity contribution in [2.24, 2.45) is 5.92 Å². The van der Waals surface area contributed by atoms with Crippen LogP contribution in [0.3, 0.4) is 0 Å². The number of H-pyrrole nitrogens is 1. The molecule has 2 heterocycles. The minimum atomic E-state index is -0.293. The minimum absolute atomic E-state index is 0.135. The first-order valence-corrected chi connectivity index (χ1v) is 11.5. The first kappa shape index (κ1) is 21.4. The maximum absolute atomic E-state index is 13.5. The SMILES string of the molecule is C[C@H]1CC(CNC(=O)c2[nH]c3ccccc3c2-c2ccc(F)cc2)N(Cc2ccccc2)C1. The van der Waals surface area contributed by atoms with Gasteiger partial charge in [-0.3, -0.25) is 9.69 Å². The fourth-order valence-electron chi connectivity index (χ4n) is 4.99. The molecule has 0 radical (unpaired) electrons. The van der Waals surface area contributed by atoms with Gasteiger partial charge >= 0.3 is 0 Å². The average Bonchev–Trinajstić information content (AvgIpc) is 3.39. The number of rotatable bonds is 6. The summed E-state index contributed by atoms with van der Waals surface area (Å²) in [7, 11) is 0. The van der Waals surface area contributed by atoms with Crippen LogP contribution in [0.5, 0.6) is 0 Å². The molecule has 5 rings (SSSR count). The molecule has 1 aromatic heterocycles. The van der Waals surface area contributed by atoms with E-state index in [0.717, 1.165) is 41.5 Å². The smallest absolute Gasteiger partial charge is 0.268 e. The van der Waals surface area contributed by atoms with Crippen LogP contribution in [0.2, 0.25) is 0 Å². The van der Waals surface area contributed by atoms with Crippen molar-refractivity contribution in [2.75, 3.05) is 13.1 Å². The van der Waals surface area contributed by atoms with E-state index in [-0.39, 0.29) is 11.7 Å². The second-order valence-electron chi connectivity index (χ2n) is 9.05. The van der Waals surface area contributed by atoms with E-state index in [4.69, 9.17) is 0 Å². The topological polar surface area (TPSA) is 48.1 Å². The molecule has 1 aliphatic rings. The van der Waals surface area contributed by atoms with Crippen LogP contribution < -0.4 is 5.32 Å². The molecule has 0 aliphatic carbocycles. The Bertz CT molecular complexity index is 1250. The summed E-state index contributed by atoms with van der Waals surface area (Å²) in [4.78, 5) is 19.1. The summed E-state index contributed by atoms with van der Waals surface area (Å²) in [6.07, 6.45) is 1.06. The molecule has 1 fully saturated rings. The highest BCUT2D eigenvalue weighted by atomic mass is 19.1. The number of para-hydroxylation sites is 1. The third-order valence-corrected chi connectivity index (χ3v) is 6.53. The van der Waals surface area contributed by atoms with Crippen molar-refractivity contribution in [1.29, 1.82) is 0 Å². The molecule has 1 amide bonds. The van der Waals surface area contributed by atoms with E-state index in [0.29, 0.717) is 24.2 Å². The number of nitrogens with zero attached hydrogens (tertiary/aromatic N) is 1. The van der Waals surface area contributed by atoms with Crippen LogP contribution in [0, 0.1) is 11.7 Å². The number of carbonyl (C=O) groups excluding carboxylic acids is 1. The van der Waals surface area contributed by atoms with Crippen molar-refractivity contribution < 1.29 is 9.18 Å². The van der Waals surface area contributed by atoms with Gasteiger partial charge in [-0.2, -0.15) is 0 Å². The number of nitrogens with one attached hydrogen (secondary N) is 2. The van der Waals surface area contributed by atoms with Gasteiger partial charge in [0.25, 0.3) is 5.91 Å². The van der Waals surface area contributed by atoms with Crippen LogP contribution in [0.1, 0.15) is 29.4 Å². The third-order valence-electron chi connectivity index (χ3n) is 6.53. The molecule has 0 spiro atoms.